The van der Waals surface area contributed by atoms with Crippen molar-refractivity contribution in [2.45, 2.75) is 38.5 Å². The van der Waals surface area contributed by atoms with E-state index in [1.165, 1.54) is 17.0 Å². The van der Waals surface area contributed by atoms with E-state index in [1.807, 2.05) is 0 Å². The highest BCUT2D eigenvalue weighted by Crippen LogP contribution is 2.29. The number of hydrogen-bond acceptors (Lipinski definition) is 2. The fraction of sp³-hybridized carbons (Fsp3) is 0.467. The van der Waals surface area contributed by atoms with Crippen LogP contribution in [0.1, 0.15) is 31.4 Å². The number of carbonyl (C=O) groups is 2. The van der Waals surface area contributed by atoms with E-state index in [1.54, 1.807) is 13.8 Å². The predicted octanol–water partition coefficient (Wildman–Crippen LogP) is 2.33. The normalized spacial score (nSPS) is 15.5. The predicted molar refractivity (Wildman–Crippen MR) is 73.7 cm³/mol. The van der Waals surface area contributed by atoms with Crippen molar-refractivity contribution in [2.75, 3.05) is 6.54 Å². The fourth-order valence-electron chi connectivity index (χ4n) is 2.24. The van der Waals surface area contributed by atoms with Gasteiger partial charge < -0.3 is 10.2 Å². The van der Waals surface area contributed by atoms with Crippen LogP contribution < -0.4 is 5.32 Å². The molecule has 2 amide bonds. The number of carbonyl (C=O) groups excluding carboxylic acids is 2. The first-order valence-electron chi connectivity index (χ1n) is 6.87. The summed E-state index contributed by atoms with van der Waals surface area (Å²) in [5, 5.41) is 2.65. The van der Waals surface area contributed by atoms with Gasteiger partial charge in [0.25, 0.3) is 0 Å². The van der Waals surface area contributed by atoms with Gasteiger partial charge in [-0.05, 0) is 31.5 Å². The van der Waals surface area contributed by atoms with Crippen molar-refractivity contribution in [3.63, 3.8) is 0 Å². The van der Waals surface area contributed by atoms with Gasteiger partial charge >= 0.3 is 6.18 Å². The minimum atomic E-state index is -4.37. The summed E-state index contributed by atoms with van der Waals surface area (Å²) in [5.41, 5.74) is -1.12. The summed E-state index contributed by atoms with van der Waals surface area (Å²) in [6.45, 7) is 3.94. The molecule has 0 atom stereocenters. The van der Waals surface area contributed by atoms with E-state index in [-0.39, 0.29) is 18.4 Å². The summed E-state index contributed by atoms with van der Waals surface area (Å²) in [4.78, 5) is 25.1. The van der Waals surface area contributed by atoms with Gasteiger partial charge in [-0.15, -0.1) is 0 Å². The zero-order valence-corrected chi connectivity index (χ0v) is 12.3. The number of halogens is 3. The number of likely N-dealkylation sites (tertiary alicyclic amines) is 1. The van der Waals surface area contributed by atoms with Crippen LogP contribution in [-0.2, 0) is 22.3 Å². The molecule has 0 aliphatic carbocycles. The topological polar surface area (TPSA) is 49.4 Å². The zero-order valence-electron chi connectivity index (χ0n) is 12.3. The van der Waals surface area contributed by atoms with E-state index >= 15 is 0 Å². The molecule has 1 fully saturated rings. The number of nitrogens with one attached hydrogen (secondary N) is 1. The Balaban J connectivity index is 1.95. The van der Waals surface area contributed by atoms with Crippen LogP contribution in [0.5, 0.6) is 0 Å². The Morgan fingerprint density at radius 2 is 1.82 bits per heavy atom. The Kier molecular flexibility index (Phi) is 4.17. The third-order valence-corrected chi connectivity index (χ3v) is 3.82. The highest BCUT2D eigenvalue weighted by Gasteiger charge is 2.42. The second-order valence-corrected chi connectivity index (χ2v) is 5.73. The number of benzene rings is 1. The van der Waals surface area contributed by atoms with Gasteiger partial charge in [0.2, 0.25) is 11.8 Å². The average molecular weight is 314 g/mol. The molecule has 1 N–H and O–H groups in total. The summed E-state index contributed by atoms with van der Waals surface area (Å²) in [7, 11) is 0. The van der Waals surface area contributed by atoms with E-state index in [4.69, 9.17) is 0 Å². The largest absolute Gasteiger partial charge is 0.416 e. The molecule has 0 aromatic heterocycles. The Morgan fingerprint density at radius 1 is 1.23 bits per heavy atom. The summed E-state index contributed by atoms with van der Waals surface area (Å²) in [6.07, 6.45) is -3.93. The lowest BCUT2D eigenvalue weighted by Gasteiger charge is -2.43. The average Bonchev–Trinajstić information content (AvgIpc) is 2.42. The van der Waals surface area contributed by atoms with E-state index in [9.17, 15) is 22.8 Å². The molecule has 1 saturated heterocycles. The Morgan fingerprint density at radius 3 is 2.23 bits per heavy atom. The standard InChI is InChI=1S/C15H17F3N2O2/c1-14(2,20-8-7-12(20)21)13(22)19-9-10-3-5-11(6-4-10)15(16,17)18/h3-6H,7-9H2,1-2H3,(H,19,22). The highest BCUT2D eigenvalue weighted by molar-refractivity contribution is 5.93. The van der Waals surface area contributed by atoms with Crippen LogP contribution in [0.2, 0.25) is 0 Å². The molecule has 1 aliphatic rings. The number of alkyl halides is 3. The Labute approximate surface area is 126 Å². The monoisotopic (exact) mass is 314 g/mol. The van der Waals surface area contributed by atoms with Gasteiger partial charge in [-0.2, -0.15) is 13.2 Å². The van der Waals surface area contributed by atoms with Crippen LogP contribution in [0.15, 0.2) is 24.3 Å². The quantitative estimate of drug-likeness (QED) is 0.867. The van der Waals surface area contributed by atoms with Crippen LogP contribution in [0.25, 0.3) is 0 Å². The minimum absolute atomic E-state index is 0.0744. The molecule has 0 saturated carbocycles. The third kappa shape index (κ3) is 3.23. The van der Waals surface area contributed by atoms with Crippen molar-refractivity contribution in [1.29, 1.82) is 0 Å². The number of amides is 2. The van der Waals surface area contributed by atoms with Crippen LogP contribution in [0.3, 0.4) is 0 Å². The molecule has 0 bridgehead atoms. The van der Waals surface area contributed by atoms with Gasteiger partial charge in [-0.25, -0.2) is 0 Å². The fourth-order valence-corrected chi connectivity index (χ4v) is 2.24. The van der Waals surface area contributed by atoms with Gasteiger partial charge in [0.15, 0.2) is 0 Å². The van der Waals surface area contributed by atoms with Crippen molar-refractivity contribution in [1.82, 2.24) is 10.2 Å². The van der Waals surface area contributed by atoms with Crippen molar-refractivity contribution < 1.29 is 22.8 Å². The smallest absolute Gasteiger partial charge is 0.350 e. The molecule has 0 spiro atoms. The first-order valence-corrected chi connectivity index (χ1v) is 6.87. The first-order chi connectivity index (χ1) is 10.1. The van der Waals surface area contributed by atoms with Gasteiger partial charge in [-0.1, -0.05) is 12.1 Å². The Hall–Kier alpha value is -2.05. The molecule has 0 unspecified atom stereocenters. The van der Waals surface area contributed by atoms with Gasteiger partial charge in [0.05, 0.1) is 5.56 Å². The summed E-state index contributed by atoms with van der Waals surface area (Å²) >= 11 is 0. The second kappa shape index (κ2) is 5.62. The molecule has 1 aromatic carbocycles. The van der Waals surface area contributed by atoms with Crippen LogP contribution in [-0.4, -0.2) is 28.8 Å². The van der Waals surface area contributed by atoms with Gasteiger partial charge in [-0.3, -0.25) is 9.59 Å². The van der Waals surface area contributed by atoms with Crippen LogP contribution >= 0.6 is 0 Å². The van der Waals surface area contributed by atoms with E-state index < -0.39 is 17.3 Å². The van der Waals surface area contributed by atoms with Crippen molar-refractivity contribution in [3.05, 3.63) is 35.4 Å². The first kappa shape index (κ1) is 16.3. The third-order valence-electron chi connectivity index (χ3n) is 3.82. The Bertz CT molecular complexity index is 579. The maximum atomic E-state index is 12.5. The van der Waals surface area contributed by atoms with Gasteiger partial charge in [0, 0.05) is 19.5 Å². The maximum absolute atomic E-state index is 12.5. The summed E-state index contributed by atoms with van der Waals surface area (Å²) in [6, 6.07) is 4.60. The number of hydrogen-bond donors (Lipinski definition) is 1. The number of nitrogens with zero attached hydrogens (tertiary/aromatic N) is 1. The van der Waals surface area contributed by atoms with E-state index in [0.29, 0.717) is 18.5 Å². The minimum Gasteiger partial charge on any atom is -0.350 e. The lowest BCUT2D eigenvalue weighted by Crippen LogP contribution is -2.62. The van der Waals surface area contributed by atoms with Crippen molar-refractivity contribution >= 4 is 11.8 Å². The molecule has 4 nitrogen and oxygen atoms in total. The van der Waals surface area contributed by atoms with E-state index in [0.717, 1.165) is 12.1 Å². The second-order valence-electron chi connectivity index (χ2n) is 5.73. The lowest BCUT2D eigenvalue weighted by atomic mass is 9.96. The van der Waals surface area contributed by atoms with Gasteiger partial charge in [0.1, 0.15) is 5.54 Å². The maximum Gasteiger partial charge on any atom is 0.416 e. The molecular weight excluding hydrogens is 297 g/mol. The van der Waals surface area contributed by atoms with Crippen molar-refractivity contribution in [3.8, 4) is 0 Å². The summed E-state index contributed by atoms with van der Waals surface area (Å²) < 4.78 is 37.4. The SMILES string of the molecule is CC(C)(C(=O)NCc1ccc(C(F)(F)F)cc1)N1CCC1=O. The van der Waals surface area contributed by atoms with Crippen LogP contribution in [0.4, 0.5) is 13.2 Å². The molecule has 7 heteroatoms. The molecule has 2 rings (SSSR count). The lowest BCUT2D eigenvalue weighted by molar-refractivity contribution is -0.154. The number of rotatable bonds is 4. The zero-order chi connectivity index (χ0) is 16.5. The molecule has 1 aromatic rings. The summed E-state index contributed by atoms with van der Waals surface area (Å²) in [5.74, 6) is -0.407. The molecule has 1 heterocycles. The van der Waals surface area contributed by atoms with E-state index in [2.05, 4.69) is 5.32 Å². The molecule has 22 heavy (non-hydrogen) atoms. The van der Waals surface area contributed by atoms with Crippen molar-refractivity contribution in [2.24, 2.45) is 0 Å². The molecule has 120 valence electrons. The molecule has 0 radical (unpaired) electrons. The van der Waals surface area contributed by atoms with Crippen LogP contribution in [0, 0.1) is 0 Å². The highest BCUT2D eigenvalue weighted by atomic mass is 19.4. The molecular formula is C15H17F3N2O2. The number of β-lactam (4-membered cyclic amide) rings is 1. The molecule has 1 aliphatic heterocycles.